The molecule has 2 N–H and O–H groups in total. The van der Waals surface area contributed by atoms with Gasteiger partial charge in [-0.3, -0.25) is 14.4 Å². The number of aliphatic carboxylic acids is 1. The van der Waals surface area contributed by atoms with Crippen LogP contribution in [0.25, 0.3) is 0 Å². The lowest BCUT2D eigenvalue weighted by Crippen LogP contribution is -2.38. The summed E-state index contributed by atoms with van der Waals surface area (Å²) in [5, 5.41) is 10.6. The Morgan fingerprint density at radius 2 is 1.83 bits per heavy atom. The number of methoxy groups -OCH3 is 1. The number of nitrogens with zero attached hydrogens (tertiary/aromatic N) is 5. The predicted octanol–water partition coefficient (Wildman–Crippen LogP) is 2.66. The maximum absolute atomic E-state index is 12.9. The molecule has 0 saturated carbocycles. The average molecular weight is 633 g/mol. The number of fused-ring (bicyclic) bond motifs is 1. The van der Waals surface area contributed by atoms with Crippen LogP contribution in [0.15, 0.2) is 48.9 Å². The molecule has 3 aliphatic heterocycles. The van der Waals surface area contributed by atoms with Gasteiger partial charge in [0.2, 0.25) is 17.7 Å². The molecule has 3 aromatic rings. The summed E-state index contributed by atoms with van der Waals surface area (Å²) in [5.41, 5.74) is 4.56. The highest BCUT2D eigenvalue weighted by Crippen LogP contribution is 2.31. The molecule has 2 amide bonds. The van der Waals surface area contributed by atoms with Crippen LogP contribution in [-0.2, 0) is 27.3 Å². The Balaban J connectivity index is 0.000000270. The van der Waals surface area contributed by atoms with E-state index in [1.54, 1.807) is 43.8 Å². The Labute approximate surface area is 267 Å². The summed E-state index contributed by atoms with van der Waals surface area (Å²) in [6.07, 6.45) is 6.65. The third-order valence-corrected chi connectivity index (χ3v) is 8.28. The largest absolute Gasteiger partial charge is 0.481 e. The molecule has 1 atom stereocenters. The van der Waals surface area contributed by atoms with E-state index in [2.05, 4.69) is 31.2 Å². The number of hydrogen-bond acceptors (Lipinski definition) is 10. The van der Waals surface area contributed by atoms with Gasteiger partial charge in [-0.15, -0.1) is 0 Å². The number of pyridine rings is 1. The molecule has 0 unspecified atom stereocenters. The molecule has 0 bridgehead atoms. The fourth-order valence-electron chi connectivity index (χ4n) is 5.80. The summed E-state index contributed by atoms with van der Waals surface area (Å²) in [6.45, 7) is 5.86. The highest BCUT2D eigenvalue weighted by atomic mass is 16.5. The molecule has 2 saturated heterocycles. The number of benzene rings is 1. The molecule has 2 aromatic heterocycles. The third-order valence-electron chi connectivity index (χ3n) is 8.28. The van der Waals surface area contributed by atoms with E-state index in [1.807, 2.05) is 18.0 Å². The van der Waals surface area contributed by atoms with Crippen molar-refractivity contribution in [2.75, 3.05) is 51.4 Å². The molecule has 13 heteroatoms. The van der Waals surface area contributed by atoms with Gasteiger partial charge in [-0.25, -0.2) is 15.0 Å². The molecule has 5 heterocycles. The minimum Gasteiger partial charge on any atom is -0.481 e. The number of aromatic nitrogens is 3. The van der Waals surface area contributed by atoms with Crippen molar-refractivity contribution in [2.24, 2.45) is 5.92 Å². The maximum Gasteiger partial charge on any atom is 0.322 e. The number of carboxylic acid groups (broad SMARTS) is 1. The molecule has 2 fully saturated rings. The Morgan fingerprint density at radius 3 is 2.54 bits per heavy atom. The summed E-state index contributed by atoms with van der Waals surface area (Å²) >= 11 is 0. The van der Waals surface area contributed by atoms with Crippen molar-refractivity contribution in [3.63, 3.8) is 0 Å². The molecular weight excluding hydrogens is 592 g/mol. The van der Waals surface area contributed by atoms with Crippen molar-refractivity contribution in [1.29, 1.82) is 0 Å². The van der Waals surface area contributed by atoms with Crippen LogP contribution in [0.3, 0.4) is 0 Å². The molecule has 0 radical (unpaired) electrons. The van der Waals surface area contributed by atoms with E-state index in [0.717, 1.165) is 61.3 Å². The number of carbonyl (C=O) groups excluding carboxylic acids is 2. The lowest BCUT2D eigenvalue weighted by Gasteiger charge is -2.31. The Bertz CT molecular complexity index is 1520. The van der Waals surface area contributed by atoms with Gasteiger partial charge in [0.05, 0.1) is 43.3 Å². The molecule has 1 aromatic carbocycles. The van der Waals surface area contributed by atoms with Gasteiger partial charge in [0.1, 0.15) is 19.0 Å². The zero-order valence-corrected chi connectivity index (χ0v) is 26.2. The van der Waals surface area contributed by atoms with Gasteiger partial charge in [0.25, 0.3) is 5.91 Å². The zero-order valence-electron chi connectivity index (χ0n) is 26.2. The summed E-state index contributed by atoms with van der Waals surface area (Å²) in [4.78, 5) is 51.8. The lowest BCUT2D eigenvalue weighted by atomic mass is 9.99. The summed E-state index contributed by atoms with van der Waals surface area (Å²) in [5.74, 6) is 0.173. The van der Waals surface area contributed by atoms with E-state index >= 15 is 0 Å². The highest BCUT2D eigenvalue weighted by molar-refractivity contribution is 5.95. The number of ether oxygens (including phenoxy) is 3. The Hall–Kier alpha value is -4.78. The molecule has 3 aliphatic rings. The van der Waals surface area contributed by atoms with Gasteiger partial charge in [-0.1, -0.05) is 18.2 Å². The van der Waals surface area contributed by atoms with Crippen LogP contribution in [0.1, 0.15) is 46.4 Å². The number of aryl methyl sites for hydroxylation is 1. The number of likely N-dealkylation sites (tertiary alicyclic amines) is 1. The van der Waals surface area contributed by atoms with Gasteiger partial charge in [-0.05, 0) is 38.0 Å². The number of amides is 2. The van der Waals surface area contributed by atoms with E-state index in [1.165, 1.54) is 0 Å². The Kier molecular flexibility index (Phi) is 11.0. The SMILES string of the molecule is COc1ncc(N2CCc3ncnc(O[C@H]4CCN(C(=O)C5CCOCC5)C4)c3C2)cc1C.O=C(O)CNC(=O)c1ccccc1. The molecule has 13 nitrogen and oxygen atoms in total. The van der Waals surface area contributed by atoms with Crippen molar-refractivity contribution in [3.8, 4) is 11.8 Å². The average Bonchev–Trinajstić information content (AvgIpc) is 3.56. The van der Waals surface area contributed by atoms with E-state index in [0.29, 0.717) is 43.6 Å². The van der Waals surface area contributed by atoms with Gasteiger partial charge >= 0.3 is 5.97 Å². The number of nitrogens with one attached hydrogen (secondary N) is 1. The van der Waals surface area contributed by atoms with Gasteiger partial charge in [0.15, 0.2) is 0 Å². The second kappa shape index (κ2) is 15.5. The number of carboxylic acids is 1. The van der Waals surface area contributed by atoms with Crippen LogP contribution in [0.4, 0.5) is 5.69 Å². The second-order valence-electron chi connectivity index (χ2n) is 11.4. The summed E-state index contributed by atoms with van der Waals surface area (Å²) < 4.78 is 17.1. The first-order valence-corrected chi connectivity index (χ1v) is 15.5. The van der Waals surface area contributed by atoms with Crippen molar-refractivity contribution < 1.29 is 33.7 Å². The van der Waals surface area contributed by atoms with E-state index in [-0.39, 0.29) is 30.4 Å². The topological polar surface area (TPSA) is 156 Å². The van der Waals surface area contributed by atoms with Crippen LogP contribution < -0.4 is 19.7 Å². The van der Waals surface area contributed by atoms with Crippen molar-refractivity contribution >= 4 is 23.5 Å². The van der Waals surface area contributed by atoms with Crippen LogP contribution in [0.5, 0.6) is 11.8 Å². The van der Waals surface area contributed by atoms with Crippen LogP contribution in [-0.4, -0.2) is 95.3 Å². The number of anilines is 1. The van der Waals surface area contributed by atoms with E-state index in [9.17, 15) is 14.4 Å². The predicted molar refractivity (Wildman–Crippen MR) is 168 cm³/mol. The highest BCUT2D eigenvalue weighted by Gasteiger charge is 2.34. The van der Waals surface area contributed by atoms with Crippen LogP contribution in [0, 0.1) is 12.8 Å². The summed E-state index contributed by atoms with van der Waals surface area (Å²) in [7, 11) is 1.63. The van der Waals surface area contributed by atoms with Crippen molar-refractivity contribution in [1.82, 2.24) is 25.2 Å². The first kappa shape index (κ1) is 32.6. The van der Waals surface area contributed by atoms with Gasteiger partial charge in [0, 0.05) is 56.2 Å². The summed E-state index contributed by atoms with van der Waals surface area (Å²) in [6, 6.07) is 10.6. The fraction of sp³-hybridized carbons (Fsp3) is 0.455. The molecular formula is C33H40N6O7. The maximum atomic E-state index is 12.9. The van der Waals surface area contributed by atoms with E-state index < -0.39 is 5.97 Å². The zero-order chi connectivity index (χ0) is 32.5. The fourth-order valence-corrected chi connectivity index (χ4v) is 5.80. The van der Waals surface area contributed by atoms with Gasteiger partial charge in [-0.2, -0.15) is 0 Å². The first-order valence-electron chi connectivity index (χ1n) is 15.5. The minimum absolute atomic E-state index is 0.0481. The van der Waals surface area contributed by atoms with Gasteiger partial charge < -0.3 is 34.4 Å². The quantitative estimate of drug-likeness (QED) is 0.376. The smallest absolute Gasteiger partial charge is 0.322 e. The Morgan fingerprint density at radius 1 is 1.04 bits per heavy atom. The van der Waals surface area contributed by atoms with Crippen molar-refractivity contribution in [2.45, 2.75) is 45.3 Å². The monoisotopic (exact) mass is 632 g/mol. The molecule has 0 aliphatic carbocycles. The molecule has 244 valence electrons. The number of carbonyl (C=O) groups is 3. The first-order chi connectivity index (χ1) is 22.3. The van der Waals surface area contributed by atoms with Crippen LogP contribution in [0.2, 0.25) is 0 Å². The van der Waals surface area contributed by atoms with E-state index in [4.69, 9.17) is 19.3 Å². The third kappa shape index (κ3) is 8.27. The second-order valence-corrected chi connectivity index (χ2v) is 11.4. The standard InChI is InChI=1S/C24H31N5O4.C9H9NO3/c1-16-11-18(12-25-22(16)31-2)28-8-4-21-20(14-28)23(27-15-26-21)33-19-3-7-29(13-19)24(30)17-5-9-32-10-6-17;11-8(12)6-10-9(13)7-4-2-1-3-5-7/h11-12,15,17,19H,3-10,13-14H2,1-2H3;1-5H,6H2,(H,10,13)(H,11,12)/t19-;/m0./s1. The molecule has 0 spiro atoms. The number of hydrogen-bond donors (Lipinski definition) is 2. The molecule has 6 rings (SSSR count). The lowest BCUT2D eigenvalue weighted by molar-refractivity contribution is -0.138. The number of rotatable bonds is 8. The minimum atomic E-state index is -1.05. The normalized spacial score (nSPS) is 17.7. The van der Waals surface area contributed by atoms with Crippen molar-refractivity contribution in [3.05, 3.63) is 71.3 Å². The molecule has 46 heavy (non-hydrogen) atoms. The van der Waals surface area contributed by atoms with Crippen LogP contribution >= 0.6 is 0 Å².